The number of carboxylic acids is 1. The number of carboxylic acid groups (broad SMARTS) is 2. The van der Waals surface area contributed by atoms with Crippen LogP contribution in [0.4, 0.5) is 4.79 Å². The molecule has 0 aliphatic rings. The number of hydrogen-bond donors (Lipinski definition) is 4. The number of aliphatic carboxylic acids is 1. The molecule has 0 aromatic heterocycles. The minimum absolute atomic E-state index is 0.0988. The molecule has 0 aliphatic carbocycles. The molecule has 11 heavy (non-hydrogen) atoms. The Kier molecular flexibility index (Phi) is 3.97. The van der Waals surface area contributed by atoms with E-state index >= 15 is 0 Å². The fourth-order valence-corrected chi connectivity index (χ4v) is 0.573. The van der Waals surface area contributed by atoms with Crippen molar-refractivity contribution in [1.29, 1.82) is 0 Å². The monoisotopic (exact) mass is 162 g/mol. The van der Waals surface area contributed by atoms with Gasteiger partial charge in [-0.3, -0.25) is 0 Å². The van der Waals surface area contributed by atoms with Crippen LogP contribution in [0.1, 0.15) is 6.42 Å². The van der Waals surface area contributed by atoms with Gasteiger partial charge >= 0.3 is 12.1 Å². The summed E-state index contributed by atoms with van der Waals surface area (Å²) in [6, 6.07) is -1.10. The molecule has 1 amide bonds. The first-order chi connectivity index (χ1) is 5.07. The molecule has 0 aromatic rings. The van der Waals surface area contributed by atoms with Crippen molar-refractivity contribution in [1.82, 2.24) is 5.32 Å². The molecule has 0 aromatic carbocycles. The summed E-state index contributed by atoms with van der Waals surface area (Å²) in [5, 5.41) is 18.3. The topological polar surface area (TPSA) is 113 Å². The molecular weight excluding hydrogens is 152 g/mol. The molecule has 0 radical (unpaired) electrons. The predicted octanol–water partition coefficient (Wildman–Crippen LogP) is -0.944. The van der Waals surface area contributed by atoms with Gasteiger partial charge in [-0.1, -0.05) is 0 Å². The van der Waals surface area contributed by atoms with Crippen molar-refractivity contribution in [3.8, 4) is 0 Å². The van der Waals surface area contributed by atoms with Crippen LogP contribution in [0, 0.1) is 0 Å². The van der Waals surface area contributed by atoms with Crippen molar-refractivity contribution in [2.24, 2.45) is 5.73 Å². The number of hydrogen-bond acceptors (Lipinski definition) is 3. The summed E-state index contributed by atoms with van der Waals surface area (Å²) in [7, 11) is 0. The van der Waals surface area contributed by atoms with Crippen LogP contribution in [0.15, 0.2) is 0 Å². The van der Waals surface area contributed by atoms with Crippen molar-refractivity contribution < 1.29 is 19.8 Å². The highest BCUT2D eigenvalue weighted by Crippen LogP contribution is 1.89. The highest BCUT2D eigenvalue weighted by atomic mass is 16.4. The third-order valence-corrected chi connectivity index (χ3v) is 1.05. The Bertz CT molecular complexity index is 159. The maximum atomic E-state index is 10.2. The van der Waals surface area contributed by atoms with Crippen LogP contribution in [0.5, 0.6) is 0 Å². The molecule has 64 valence electrons. The summed E-state index contributed by atoms with van der Waals surface area (Å²) in [5.41, 5.74) is 5.05. The molecule has 1 atom stereocenters. The lowest BCUT2D eigenvalue weighted by Gasteiger charge is -2.09. The van der Waals surface area contributed by atoms with Gasteiger partial charge in [0.15, 0.2) is 0 Å². The van der Waals surface area contributed by atoms with Gasteiger partial charge in [-0.25, -0.2) is 9.59 Å². The summed E-state index contributed by atoms with van der Waals surface area (Å²) in [6.07, 6.45) is -1.26. The fourth-order valence-electron chi connectivity index (χ4n) is 0.573. The lowest BCUT2D eigenvalue weighted by molar-refractivity contribution is -0.139. The molecule has 0 heterocycles. The zero-order chi connectivity index (χ0) is 8.85. The molecule has 6 nitrogen and oxygen atoms in total. The normalized spacial score (nSPS) is 12.1. The highest BCUT2D eigenvalue weighted by molar-refractivity contribution is 5.79. The van der Waals surface area contributed by atoms with Gasteiger partial charge in [0.1, 0.15) is 6.04 Å². The van der Waals surface area contributed by atoms with Crippen LogP contribution < -0.4 is 11.1 Å². The molecule has 0 unspecified atom stereocenters. The van der Waals surface area contributed by atoms with E-state index in [0.717, 1.165) is 0 Å². The molecule has 0 saturated heterocycles. The van der Waals surface area contributed by atoms with Crippen LogP contribution >= 0.6 is 0 Å². The van der Waals surface area contributed by atoms with E-state index < -0.39 is 18.1 Å². The molecule has 0 aliphatic heterocycles. The summed E-state index contributed by atoms with van der Waals surface area (Å²) in [5.74, 6) is -1.21. The maximum Gasteiger partial charge on any atom is 0.405 e. The van der Waals surface area contributed by atoms with Gasteiger partial charge in [-0.2, -0.15) is 0 Å². The summed E-state index contributed by atoms with van der Waals surface area (Å²) in [6.45, 7) is 0.136. The van der Waals surface area contributed by atoms with E-state index in [4.69, 9.17) is 15.9 Å². The van der Waals surface area contributed by atoms with Crippen LogP contribution in [-0.4, -0.2) is 34.9 Å². The summed E-state index contributed by atoms with van der Waals surface area (Å²) >= 11 is 0. The van der Waals surface area contributed by atoms with E-state index in [-0.39, 0.29) is 13.0 Å². The number of carbonyl (C=O) groups is 2. The zero-order valence-electron chi connectivity index (χ0n) is 5.78. The van der Waals surface area contributed by atoms with Gasteiger partial charge in [0.2, 0.25) is 0 Å². The zero-order valence-corrected chi connectivity index (χ0v) is 5.78. The lowest BCUT2D eigenvalue weighted by atomic mass is 10.2. The van der Waals surface area contributed by atoms with E-state index in [1.807, 2.05) is 5.32 Å². The molecule has 0 saturated carbocycles. The van der Waals surface area contributed by atoms with E-state index in [1.54, 1.807) is 0 Å². The summed E-state index contributed by atoms with van der Waals surface area (Å²) < 4.78 is 0. The van der Waals surface area contributed by atoms with Crippen LogP contribution in [-0.2, 0) is 4.79 Å². The Hall–Kier alpha value is -1.30. The Morgan fingerprint density at radius 1 is 1.45 bits per heavy atom. The second-order valence-corrected chi connectivity index (χ2v) is 1.92. The second-order valence-electron chi connectivity index (χ2n) is 1.92. The molecule has 0 rings (SSSR count). The van der Waals surface area contributed by atoms with Crippen molar-refractivity contribution in [3.05, 3.63) is 0 Å². The van der Waals surface area contributed by atoms with Gasteiger partial charge in [0.25, 0.3) is 0 Å². The van der Waals surface area contributed by atoms with Crippen LogP contribution in [0.25, 0.3) is 0 Å². The molecule has 6 heteroatoms. The number of amides is 1. The minimum atomic E-state index is -1.36. The van der Waals surface area contributed by atoms with Crippen molar-refractivity contribution >= 4 is 12.1 Å². The largest absolute Gasteiger partial charge is 0.480 e. The highest BCUT2D eigenvalue weighted by Gasteiger charge is 2.17. The average Bonchev–Trinajstić information content (AvgIpc) is 1.86. The van der Waals surface area contributed by atoms with Crippen LogP contribution in [0.3, 0.4) is 0 Å². The van der Waals surface area contributed by atoms with Gasteiger partial charge in [-0.15, -0.1) is 0 Å². The van der Waals surface area contributed by atoms with E-state index in [1.165, 1.54) is 0 Å². The average molecular weight is 162 g/mol. The van der Waals surface area contributed by atoms with Gasteiger partial charge < -0.3 is 21.3 Å². The second kappa shape index (κ2) is 4.51. The Morgan fingerprint density at radius 2 is 2.00 bits per heavy atom. The maximum absolute atomic E-state index is 10.2. The van der Waals surface area contributed by atoms with E-state index in [0.29, 0.717) is 0 Å². The quantitative estimate of drug-likeness (QED) is 0.426. The fraction of sp³-hybridized carbons (Fsp3) is 0.600. The first-order valence-corrected chi connectivity index (χ1v) is 3.00. The molecule has 0 spiro atoms. The minimum Gasteiger partial charge on any atom is -0.480 e. The smallest absolute Gasteiger partial charge is 0.405 e. The van der Waals surface area contributed by atoms with Crippen molar-refractivity contribution in [2.45, 2.75) is 12.5 Å². The predicted molar refractivity (Wildman–Crippen MR) is 36.3 cm³/mol. The molecular formula is C5H10N2O4. The number of nitrogens with one attached hydrogen (secondary N) is 1. The number of nitrogens with two attached hydrogens (primary N) is 1. The molecule has 0 bridgehead atoms. The Morgan fingerprint density at radius 3 is 2.27 bits per heavy atom. The number of rotatable bonds is 4. The Balaban J connectivity index is 3.89. The Labute approximate surface area is 63.0 Å². The van der Waals surface area contributed by atoms with Crippen molar-refractivity contribution in [2.75, 3.05) is 6.54 Å². The van der Waals surface area contributed by atoms with Crippen LogP contribution in [0.2, 0.25) is 0 Å². The molecule has 5 N–H and O–H groups in total. The third-order valence-electron chi connectivity index (χ3n) is 1.05. The SMILES string of the molecule is NCC[C@@H](NC(=O)O)C(=O)O. The molecule has 0 fully saturated rings. The first-order valence-electron chi connectivity index (χ1n) is 3.00. The first kappa shape index (κ1) is 9.70. The van der Waals surface area contributed by atoms with Gasteiger partial charge in [-0.05, 0) is 13.0 Å². The van der Waals surface area contributed by atoms with E-state index in [2.05, 4.69) is 0 Å². The standard InChI is InChI=1S/C5H10N2O4/c6-2-1-3(4(8)9)7-5(10)11/h3,7H,1-2,6H2,(H,8,9)(H,10,11)/t3-/m1/s1. The summed E-state index contributed by atoms with van der Waals surface area (Å²) in [4.78, 5) is 20.2. The van der Waals surface area contributed by atoms with E-state index in [9.17, 15) is 9.59 Å². The third kappa shape index (κ3) is 4.15. The lowest BCUT2D eigenvalue weighted by Crippen LogP contribution is -2.41. The van der Waals surface area contributed by atoms with Gasteiger partial charge in [0, 0.05) is 0 Å². The van der Waals surface area contributed by atoms with Gasteiger partial charge in [0.05, 0.1) is 0 Å². The van der Waals surface area contributed by atoms with Crippen molar-refractivity contribution in [3.63, 3.8) is 0 Å².